The van der Waals surface area contributed by atoms with Gasteiger partial charge in [-0.15, -0.1) is 0 Å². The molecule has 0 aliphatic carbocycles. The zero-order valence-corrected chi connectivity index (χ0v) is 18.8. The molecule has 0 saturated carbocycles. The molecule has 0 bridgehead atoms. The number of hydrogen-bond acceptors (Lipinski definition) is 7. The van der Waals surface area contributed by atoms with Gasteiger partial charge >= 0.3 is 5.97 Å². The fraction of sp³-hybridized carbons (Fsp3) is 0.231. The van der Waals surface area contributed by atoms with E-state index in [1.54, 1.807) is 48.5 Å². The van der Waals surface area contributed by atoms with E-state index in [1.807, 2.05) is 6.07 Å². The van der Waals surface area contributed by atoms with Gasteiger partial charge in [0, 0.05) is 6.54 Å². The first-order chi connectivity index (χ1) is 17.1. The number of esters is 1. The number of para-hydroxylation sites is 1. The minimum atomic E-state index is -0.572. The van der Waals surface area contributed by atoms with Crippen LogP contribution in [0.2, 0.25) is 0 Å². The molecule has 2 aliphatic rings. The molecule has 2 aromatic heterocycles. The minimum Gasteiger partial charge on any atom is -0.467 e. The van der Waals surface area contributed by atoms with Gasteiger partial charge in [0.05, 0.1) is 40.6 Å². The van der Waals surface area contributed by atoms with Crippen molar-refractivity contribution < 1.29 is 18.7 Å². The average molecular weight is 470 g/mol. The second-order valence-electron chi connectivity index (χ2n) is 8.66. The van der Waals surface area contributed by atoms with E-state index in [1.165, 1.54) is 10.8 Å². The predicted octanol–water partition coefficient (Wildman–Crippen LogP) is 3.32. The summed E-state index contributed by atoms with van der Waals surface area (Å²) in [5.74, 6) is 0.271. The molecular weight excluding hydrogens is 448 g/mol. The second kappa shape index (κ2) is 8.43. The summed E-state index contributed by atoms with van der Waals surface area (Å²) in [6.07, 6.45) is 3.32. The van der Waals surface area contributed by atoms with E-state index in [9.17, 15) is 14.4 Å². The number of anilines is 2. The quantitative estimate of drug-likeness (QED) is 0.446. The summed E-state index contributed by atoms with van der Waals surface area (Å²) in [4.78, 5) is 45.2. The van der Waals surface area contributed by atoms with Crippen molar-refractivity contribution in [1.82, 2.24) is 9.55 Å². The molecule has 1 atom stereocenters. The molecule has 0 radical (unpaired) electrons. The Balaban J connectivity index is 1.28. The van der Waals surface area contributed by atoms with Crippen molar-refractivity contribution in [3.05, 3.63) is 88.4 Å². The molecule has 4 aromatic rings. The van der Waals surface area contributed by atoms with Gasteiger partial charge in [0.1, 0.15) is 18.4 Å². The minimum absolute atomic E-state index is 0.0529. The van der Waals surface area contributed by atoms with Gasteiger partial charge in [-0.3, -0.25) is 14.2 Å². The molecule has 176 valence electrons. The SMILES string of the molecule is O=C(OCc1nc2ccccc2c(=O)n1Cc1ccco1)c1ccc2c(c1)NC(=O)[C@@H]1CCCN21. The summed E-state index contributed by atoms with van der Waals surface area (Å²) < 4.78 is 12.4. The third-order valence-corrected chi connectivity index (χ3v) is 6.52. The summed E-state index contributed by atoms with van der Waals surface area (Å²) in [7, 11) is 0. The van der Waals surface area contributed by atoms with Crippen molar-refractivity contribution in [3.8, 4) is 0 Å². The number of ether oxygens (including phenoxy) is 1. The Hall–Kier alpha value is -4.40. The molecule has 1 saturated heterocycles. The number of nitrogens with zero attached hydrogens (tertiary/aromatic N) is 3. The maximum atomic E-state index is 13.2. The van der Waals surface area contributed by atoms with E-state index in [0.717, 1.165) is 25.1 Å². The van der Waals surface area contributed by atoms with E-state index in [0.29, 0.717) is 33.7 Å². The number of fused-ring (bicyclic) bond motifs is 4. The molecule has 2 aromatic carbocycles. The maximum absolute atomic E-state index is 13.2. The summed E-state index contributed by atoms with van der Waals surface area (Å²) in [5.41, 5.74) is 2.10. The Bertz CT molecular complexity index is 1510. The summed E-state index contributed by atoms with van der Waals surface area (Å²) in [6.45, 7) is 0.783. The molecule has 4 heterocycles. The van der Waals surface area contributed by atoms with E-state index in [-0.39, 0.29) is 30.7 Å². The second-order valence-corrected chi connectivity index (χ2v) is 8.66. The van der Waals surface area contributed by atoms with Gasteiger partial charge in [-0.1, -0.05) is 12.1 Å². The zero-order valence-electron chi connectivity index (χ0n) is 18.8. The first kappa shape index (κ1) is 21.2. The van der Waals surface area contributed by atoms with Crippen LogP contribution in [0.1, 0.15) is 34.8 Å². The Morgan fingerprint density at radius 2 is 2.03 bits per heavy atom. The van der Waals surface area contributed by atoms with Crippen LogP contribution in [0, 0.1) is 0 Å². The molecule has 9 nitrogen and oxygen atoms in total. The van der Waals surface area contributed by atoms with E-state index in [2.05, 4.69) is 15.2 Å². The number of carbonyl (C=O) groups is 2. The molecule has 9 heteroatoms. The van der Waals surface area contributed by atoms with Crippen molar-refractivity contribution in [2.75, 3.05) is 16.8 Å². The van der Waals surface area contributed by atoms with Gasteiger partial charge in [-0.2, -0.15) is 0 Å². The van der Waals surface area contributed by atoms with Gasteiger partial charge < -0.3 is 19.4 Å². The Morgan fingerprint density at radius 3 is 2.89 bits per heavy atom. The molecule has 2 aliphatic heterocycles. The number of aromatic nitrogens is 2. The molecule has 1 fully saturated rings. The third kappa shape index (κ3) is 3.74. The third-order valence-electron chi connectivity index (χ3n) is 6.52. The number of rotatable bonds is 5. The number of hydrogen-bond donors (Lipinski definition) is 1. The summed E-state index contributed by atoms with van der Waals surface area (Å²) in [6, 6.07) is 15.6. The first-order valence-electron chi connectivity index (χ1n) is 11.5. The fourth-order valence-corrected chi connectivity index (χ4v) is 4.82. The highest BCUT2D eigenvalue weighted by atomic mass is 16.5. The van der Waals surface area contributed by atoms with E-state index >= 15 is 0 Å². The van der Waals surface area contributed by atoms with Crippen LogP contribution in [0.3, 0.4) is 0 Å². The molecule has 6 rings (SSSR count). The van der Waals surface area contributed by atoms with Gasteiger partial charge in [-0.25, -0.2) is 9.78 Å². The molecule has 1 N–H and O–H groups in total. The van der Waals surface area contributed by atoms with Gasteiger partial charge in [-0.05, 0) is 55.3 Å². The molecule has 1 amide bonds. The Kier molecular flexibility index (Phi) is 5.09. The number of benzene rings is 2. The standard InChI is InChI=1S/C26H22N4O5/c31-24-22-8-3-11-29(22)21-10-9-16(13-20(21)28-24)26(33)35-15-23-27-19-7-2-1-6-18(19)25(32)30(23)14-17-5-4-12-34-17/h1-2,4-7,9-10,12-13,22H,3,8,11,14-15H2,(H,28,31)/t22-/m0/s1. The van der Waals surface area contributed by atoms with Crippen molar-refractivity contribution in [2.45, 2.75) is 32.0 Å². The maximum Gasteiger partial charge on any atom is 0.338 e. The van der Waals surface area contributed by atoms with Gasteiger partial charge in [0.25, 0.3) is 5.56 Å². The van der Waals surface area contributed by atoms with Crippen LogP contribution in [0.25, 0.3) is 10.9 Å². The van der Waals surface area contributed by atoms with Crippen LogP contribution in [-0.4, -0.2) is 34.0 Å². The van der Waals surface area contributed by atoms with Gasteiger partial charge in [0.2, 0.25) is 5.91 Å². The van der Waals surface area contributed by atoms with E-state index < -0.39 is 5.97 Å². The largest absolute Gasteiger partial charge is 0.467 e. The van der Waals surface area contributed by atoms with Crippen LogP contribution in [-0.2, 0) is 22.7 Å². The smallest absolute Gasteiger partial charge is 0.338 e. The van der Waals surface area contributed by atoms with Crippen LogP contribution >= 0.6 is 0 Å². The lowest BCUT2D eigenvalue weighted by Gasteiger charge is -2.33. The zero-order chi connectivity index (χ0) is 23.9. The summed E-state index contributed by atoms with van der Waals surface area (Å²) >= 11 is 0. The van der Waals surface area contributed by atoms with Crippen LogP contribution in [0.15, 0.2) is 70.1 Å². The normalized spacial score (nSPS) is 16.6. The fourth-order valence-electron chi connectivity index (χ4n) is 4.82. The highest BCUT2D eigenvalue weighted by Crippen LogP contribution is 2.37. The van der Waals surface area contributed by atoms with Gasteiger partial charge in [0.15, 0.2) is 5.82 Å². The summed E-state index contributed by atoms with van der Waals surface area (Å²) in [5, 5.41) is 3.38. The monoisotopic (exact) mass is 470 g/mol. The first-order valence-corrected chi connectivity index (χ1v) is 11.5. The Labute approximate surface area is 199 Å². The van der Waals surface area contributed by atoms with Crippen LogP contribution in [0.5, 0.6) is 0 Å². The molecular formula is C26H22N4O5. The lowest BCUT2D eigenvalue weighted by Crippen LogP contribution is -2.43. The van der Waals surface area contributed by atoms with E-state index in [4.69, 9.17) is 9.15 Å². The number of carbonyl (C=O) groups excluding carboxylic acids is 2. The van der Waals surface area contributed by atoms with Crippen LogP contribution in [0.4, 0.5) is 11.4 Å². The predicted molar refractivity (Wildman–Crippen MR) is 128 cm³/mol. The number of amides is 1. The molecule has 0 spiro atoms. The van der Waals surface area contributed by atoms with Crippen molar-refractivity contribution >= 4 is 34.2 Å². The van der Waals surface area contributed by atoms with Crippen LogP contribution < -0.4 is 15.8 Å². The topological polar surface area (TPSA) is 107 Å². The lowest BCUT2D eigenvalue weighted by molar-refractivity contribution is -0.117. The van der Waals surface area contributed by atoms with Crippen molar-refractivity contribution in [3.63, 3.8) is 0 Å². The highest BCUT2D eigenvalue weighted by Gasteiger charge is 2.36. The molecule has 35 heavy (non-hydrogen) atoms. The highest BCUT2D eigenvalue weighted by molar-refractivity contribution is 6.05. The average Bonchev–Trinajstić information content (AvgIpc) is 3.57. The van der Waals surface area contributed by atoms with Crippen molar-refractivity contribution in [2.24, 2.45) is 0 Å². The molecule has 0 unspecified atom stereocenters. The Morgan fingerprint density at radius 1 is 1.14 bits per heavy atom. The number of furan rings is 1. The lowest BCUT2D eigenvalue weighted by atomic mass is 10.1. The number of nitrogens with one attached hydrogen (secondary N) is 1. The van der Waals surface area contributed by atoms with Crippen molar-refractivity contribution in [1.29, 1.82) is 0 Å².